The van der Waals surface area contributed by atoms with E-state index in [0.29, 0.717) is 24.8 Å². The molecule has 0 amide bonds. The minimum Gasteiger partial charge on any atom is -0.309 e. The van der Waals surface area contributed by atoms with Gasteiger partial charge in [0.15, 0.2) is 0 Å². The Balaban J connectivity index is 1.89. The number of nitrogens with zero attached hydrogens (tertiary/aromatic N) is 1. The van der Waals surface area contributed by atoms with Gasteiger partial charge in [0.2, 0.25) is 10.0 Å². The SMILES string of the molecule is CC1CN(S(=O)(=O)CCC2CCC2)CC(C)N1. The fraction of sp³-hybridized carbons (Fsp3) is 1.00. The minimum absolute atomic E-state index is 0.261. The fourth-order valence-corrected chi connectivity index (χ4v) is 4.52. The summed E-state index contributed by atoms with van der Waals surface area (Å²) in [7, 11) is -3.03. The maximum Gasteiger partial charge on any atom is 0.214 e. The average molecular weight is 260 g/mol. The Morgan fingerprint density at radius 3 is 2.24 bits per heavy atom. The molecule has 100 valence electrons. The quantitative estimate of drug-likeness (QED) is 0.826. The Morgan fingerprint density at radius 2 is 1.76 bits per heavy atom. The topological polar surface area (TPSA) is 49.4 Å². The third-order valence-corrected chi connectivity index (χ3v) is 5.76. The van der Waals surface area contributed by atoms with Gasteiger partial charge in [-0.2, -0.15) is 4.31 Å². The van der Waals surface area contributed by atoms with Gasteiger partial charge in [-0.15, -0.1) is 0 Å². The van der Waals surface area contributed by atoms with Crippen molar-refractivity contribution in [2.45, 2.75) is 51.6 Å². The first kappa shape index (κ1) is 13.3. The van der Waals surface area contributed by atoms with E-state index in [1.807, 2.05) is 13.8 Å². The first-order chi connectivity index (χ1) is 7.97. The molecule has 2 unspecified atom stereocenters. The average Bonchev–Trinajstić information content (AvgIpc) is 2.13. The molecule has 2 rings (SSSR count). The summed E-state index contributed by atoms with van der Waals surface area (Å²) >= 11 is 0. The second-order valence-corrected chi connectivity index (χ2v) is 7.78. The van der Waals surface area contributed by atoms with Crippen LogP contribution in [0.15, 0.2) is 0 Å². The van der Waals surface area contributed by atoms with Crippen molar-refractivity contribution in [3.8, 4) is 0 Å². The van der Waals surface area contributed by atoms with Crippen LogP contribution in [0.3, 0.4) is 0 Å². The van der Waals surface area contributed by atoms with Crippen LogP contribution in [0.5, 0.6) is 0 Å². The third kappa shape index (κ3) is 3.42. The van der Waals surface area contributed by atoms with Crippen LogP contribution < -0.4 is 5.32 Å². The molecule has 1 aliphatic heterocycles. The van der Waals surface area contributed by atoms with Crippen LogP contribution >= 0.6 is 0 Å². The van der Waals surface area contributed by atoms with E-state index >= 15 is 0 Å². The summed E-state index contributed by atoms with van der Waals surface area (Å²) in [6.45, 7) is 5.34. The van der Waals surface area contributed by atoms with Crippen molar-refractivity contribution in [1.29, 1.82) is 0 Å². The first-order valence-corrected chi connectivity index (χ1v) is 8.32. The second-order valence-electron chi connectivity index (χ2n) is 5.69. The molecule has 2 aliphatic rings. The van der Waals surface area contributed by atoms with Crippen molar-refractivity contribution < 1.29 is 8.42 Å². The molecule has 1 heterocycles. The molecule has 2 atom stereocenters. The number of hydrogen-bond acceptors (Lipinski definition) is 3. The van der Waals surface area contributed by atoms with Gasteiger partial charge in [0.05, 0.1) is 5.75 Å². The Hall–Kier alpha value is -0.130. The second kappa shape index (κ2) is 5.24. The smallest absolute Gasteiger partial charge is 0.214 e. The van der Waals surface area contributed by atoms with Gasteiger partial charge < -0.3 is 5.32 Å². The summed E-state index contributed by atoms with van der Waals surface area (Å²) in [5.41, 5.74) is 0. The maximum absolute atomic E-state index is 12.2. The molecule has 0 aromatic rings. The van der Waals surface area contributed by atoms with Crippen LogP contribution in [0.4, 0.5) is 0 Å². The molecule has 4 nitrogen and oxygen atoms in total. The highest BCUT2D eigenvalue weighted by Crippen LogP contribution is 2.30. The van der Waals surface area contributed by atoms with Gasteiger partial charge >= 0.3 is 0 Å². The molecular weight excluding hydrogens is 236 g/mol. The van der Waals surface area contributed by atoms with Gasteiger partial charge in [-0.1, -0.05) is 19.3 Å². The van der Waals surface area contributed by atoms with Gasteiger partial charge in [0, 0.05) is 25.2 Å². The fourth-order valence-electron chi connectivity index (χ4n) is 2.73. The predicted molar refractivity (Wildman–Crippen MR) is 69.4 cm³/mol. The predicted octanol–water partition coefficient (Wildman–Crippen LogP) is 1.19. The van der Waals surface area contributed by atoms with Crippen molar-refractivity contribution in [1.82, 2.24) is 9.62 Å². The van der Waals surface area contributed by atoms with Crippen LogP contribution in [0, 0.1) is 5.92 Å². The lowest BCUT2D eigenvalue weighted by Gasteiger charge is -2.35. The number of sulfonamides is 1. The van der Waals surface area contributed by atoms with E-state index in [9.17, 15) is 8.42 Å². The van der Waals surface area contributed by atoms with Gasteiger partial charge in [-0.3, -0.25) is 0 Å². The molecule has 0 aromatic carbocycles. The summed E-state index contributed by atoms with van der Waals surface area (Å²) in [6.07, 6.45) is 4.59. The highest BCUT2D eigenvalue weighted by Gasteiger charge is 2.30. The van der Waals surface area contributed by atoms with Gasteiger partial charge in [-0.05, 0) is 26.2 Å². The Bertz CT molecular complexity index is 342. The molecule has 1 aliphatic carbocycles. The zero-order valence-corrected chi connectivity index (χ0v) is 11.7. The standard InChI is InChI=1S/C12H24N2O2S/c1-10-8-14(9-11(2)13-10)17(15,16)7-6-12-4-3-5-12/h10-13H,3-9H2,1-2H3. The molecule has 0 aromatic heterocycles. The monoisotopic (exact) mass is 260 g/mol. The summed E-state index contributed by atoms with van der Waals surface area (Å²) in [5, 5.41) is 3.36. The van der Waals surface area contributed by atoms with Crippen molar-refractivity contribution in [3.63, 3.8) is 0 Å². The number of nitrogens with one attached hydrogen (secondary N) is 1. The van der Waals surface area contributed by atoms with Gasteiger partial charge in [0.1, 0.15) is 0 Å². The number of rotatable bonds is 4. The molecule has 1 saturated carbocycles. The summed E-state index contributed by atoms with van der Waals surface area (Å²) in [4.78, 5) is 0. The molecule has 0 spiro atoms. The lowest BCUT2D eigenvalue weighted by molar-refractivity contribution is 0.259. The van der Waals surface area contributed by atoms with E-state index in [-0.39, 0.29) is 12.1 Å². The van der Waals surface area contributed by atoms with Crippen molar-refractivity contribution in [3.05, 3.63) is 0 Å². The third-order valence-electron chi connectivity index (χ3n) is 3.93. The van der Waals surface area contributed by atoms with E-state index < -0.39 is 10.0 Å². The van der Waals surface area contributed by atoms with E-state index in [0.717, 1.165) is 6.42 Å². The number of piperazine rings is 1. The van der Waals surface area contributed by atoms with Gasteiger partial charge in [0.25, 0.3) is 0 Å². The summed E-state index contributed by atoms with van der Waals surface area (Å²) < 4.78 is 26.1. The maximum atomic E-state index is 12.2. The van der Waals surface area contributed by atoms with E-state index in [1.54, 1.807) is 4.31 Å². The zero-order valence-electron chi connectivity index (χ0n) is 10.9. The molecular formula is C12H24N2O2S. The first-order valence-electron chi connectivity index (χ1n) is 6.71. The van der Waals surface area contributed by atoms with Crippen LogP contribution in [0.25, 0.3) is 0 Å². The Morgan fingerprint density at radius 1 is 1.18 bits per heavy atom. The molecule has 0 bridgehead atoms. The van der Waals surface area contributed by atoms with E-state index in [2.05, 4.69) is 5.32 Å². The normalized spacial score (nSPS) is 32.4. The molecule has 0 radical (unpaired) electrons. The van der Waals surface area contributed by atoms with Crippen molar-refractivity contribution in [2.75, 3.05) is 18.8 Å². The highest BCUT2D eigenvalue weighted by molar-refractivity contribution is 7.89. The lowest BCUT2D eigenvalue weighted by Crippen LogP contribution is -2.56. The molecule has 17 heavy (non-hydrogen) atoms. The number of hydrogen-bond donors (Lipinski definition) is 1. The van der Waals surface area contributed by atoms with E-state index in [4.69, 9.17) is 0 Å². The molecule has 5 heteroatoms. The highest BCUT2D eigenvalue weighted by atomic mass is 32.2. The Kier molecular flexibility index (Phi) is 4.10. The summed E-state index contributed by atoms with van der Waals surface area (Å²) in [5.74, 6) is 1.01. The largest absolute Gasteiger partial charge is 0.309 e. The van der Waals surface area contributed by atoms with Crippen LogP contribution in [-0.2, 0) is 10.0 Å². The van der Waals surface area contributed by atoms with Crippen molar-refractivity contribution in [2.24, 2.45) is 5.92 Å². The van der Waals surface area contributed by atoms with Crippen LogP contribution in [0.1, 0.15) is 39.5 Å². The zero-order chi connectivity index (χ0) is 12.5. The van der Waals surface area contributed by atoms with Crippen LogP contribution in [-0.4, -0.2) is 43.6 Å². The Labute approximate surface area is 105 Å². The molecule has 1 N–H and O–H groups in total. The van der Waals surface area contributed by atoms with Gasteiger partial charge in [-0.25, -0.2) is 8.42 Å². The molecule has 2 fully saturated rings. The lowest BCUT2D eigenvalue weighted by atomic mass is 9.84. The summed E-state index contributed by atoms with van der Waals surface area (Å²) in [6, 6.07) is 0.523. The van der Waals surface area contributed by atoms with E-state index in [1.165, 1.54) is 19.3 Å². The van der Waals surface area contributed by atoms with Crippen molar-refractivity contribution >= 4 is 10.0 Å². The minimum atomic E-state index is -3.03. The molecule has 1 saturated heterocycles. The van der Waals surface area contributed by atoms with Crippen LogP contribution in [0.2, 0.25) is 0 Å².